The number of benzene rings is 1. The topological polar surface area (TPSA) is 86.5 Å². The van der Waals surface area contributed by atoms with Gasteiger partial charge in [0.25, 0.3) is 5.91 Å². The van der Waals surface area contributed by atoms with E-state index in [9.17, 15) is 9.90 Å². The Labute approximate surface area is 188 Å². The summed E-state index contributed by atoms with van der Waals surface area (Å²) in [4.78, 5) is 21.4. The second-order valence-corrected chi connectivity index (χ2v) is 8.64. The Balaban J connectivity index is 1.50. The first-order valence-corrected chi connectivity index (χ1v) is 10.8. The van der Waals surface area contributed by atoms with Crippen LogP contribution < -0.4 is 5.32 Å². The number of nitrogens with one attached hydrogen (secondary N) is 1. The van der Waals surface area contributed by atoms with Crippen molar-refractivity contribution in [2.24, 2.45) is 0 Å². The fraction of sp³-hybridized carbons (Fsp3) is 0.375. The summed E-state index contributed by atoms with van der Waals surface area (Å²) in [6.07, 6.45) is 7.10. The molecule has 1 aliphatic heterocycles. The molecule has 0 aliphatic carbocycles. The number of pyridine rings is 1. The molecular formula is C24H30N6O2. The number of rotatable bonds is 6. The molecule has 3 heterocycles. The summed E-state index contributed by atoms with van der Waals surface area (Å²) in [5, 5.41) is 19.0. The smallest absolute Gasteiger partial charge is 0.254 e. The van der Waals surface area contributed by atoms with Crippen molar-refractivity contribution >= 4 is 11.6 Å². The number of aliphatic hydroxyl groups is 1. The summed E-state index contributed by atoms with van der Waals surface area (Å²) < 4.78 is 1.72. The van der Waals surface area contributed by atoms with Crippen LogP contribution in [0.2, 0.25) is 0 Å². The van der Waals surface area contributed by atoms with Crippen LogP contribution in [0.3, 0.4) is 0 Å². The number of amides is 1. The van der Waals surface area contributed by atoms with Gasteiger partial charge in [0, 0.05) is 62.2 Å². The van der Waals surface area contributed by atoms with Crippen molar-refractivity contribution < 1.29 is 9.90 Å². The highest BCUT2D eigenvalue weighted by Gasteiger charge is 2.36. The molecule has 2 N–H and O–H groups in total. The SMILES string of the molecule is Cc1ccc(C(=O)N2CCN(C)C[C@](O)(Cn3cccn3)C2)cc1NCc1cccnc1. The van der Waals surface area contributed by atoms with Gasteiger partial charge in [-0.3, -0.25) is 14.5 Å². The molecule has 3 aromatic rings. The Kier molecular flexibility index (Phi) is 6.53. The van der Waals surface area contributed by atoms with E-state index in [0.29, 0.717) is 38.3 Å². The molecule has 4 rings (SSSR count). The largest absolute Gasteiger partial charge is 0.385 e. The zero-order valence-corrected chi connectivity index (χ0v) is 18.6. The van der Waals surface area contributed by atoms with Gasteiger partial charge >= 0.3 is 0 Å². The van der Waals surface area contributed by atoms with Crippen molar-refractivity contribution in [3.63, 3.8) is 0 Å². The summed E-state index contributed by atoms with van der Waals surface area (Å²) in [5.74, 6) is -0.0800. The number of carbonyl (C=O) groups excluding carboxylic acids is 1. The lowest BCUT2D eigenvalue weighted by atomic mass is 10.0. The number of aryl methyl sites for hydroxylation is 1. The van der Waals surface area contributed by atoms with Crippen molar-refractivity contribution in [1.29, 1.82) is 0 Å². The summed E-state index contributed by atoms with van der Waals surface area (Å²) in [5.41, 5.74) is 2.58. The van der Waals surface area contributed by atoms with E-state index in [4.69, 9.17) is 0 Å². The Morgan fingerprint density at radius 3 is 2.81 bits per heavy atom. The van der Waals surface area contributed by atoms with Gasteiger partial charge in [-0.2, -0.15) is 5.10 Å². The highest BCUT2D eigenvalue weighted by molar-refractivity contribution is 5.95. The lowest BCUT2D eigenvalue weighted by Crippen LogP contribution is -2.50. The van der Waals surface area contributed by atoms with E-state index in [2.05, 4.69) is 20.3 Å². The Bertz CT molecular complexity index is 1040. The molecule has 0 bridgehead atoms. The third kappa shape index (κ3) is 5.33. The molecule has 8 heteroatoms. The highest BCUT2D eigenvalue weighted by atomic mass is 16.3. The van der Waals surface area contributed by atoms with Gasteiger partial charge in [-0.15, -0.1) is 0 Å². The maximum atomic E-state index is 13.4. The van der Waals surface area contributed by atoms with Gasteiger partial charge in [0.1, 0.15) is 5.60 Å². The zero-order chi connectivity index (χ0) is 22.6. The molecule has 0 spiro atoms. The van der Waals surface area contributed by atoms with E-state index in [1.54, 1.807) is 22.0 Å². The normalized spacial score (nSPS) is 19.5. The molecule has 1 aromatic carbocycles. The zero-order valence-electron chi connectivity index (χ0n) is 18.6. The Hall–Kier alpha value is -3.23. The maximum Gasteiger partial charge on any atom is 0.254 e. The summed E-state index contributed by atoms with van der Waals surface area (Å²) in [6, 6.07) is 11.5. The quantitative estimate of drug-likeness (QED) is 0.617. The molecule has 0 radical (unpaired) electrons. The molecule has 32 heavy (non-hydrogen) atoms. The van der Waals surface area contributed by atoms with Gasteiger partial charge in [0.15, 0.2) is 0 Å². The van der Waals surface area contributed by atoms with E-state index in [-0.39, 0.29) is 12.5 Å². The van der Waals surface area contributed by atoms with Gasteiger partial charge in [-0.25, -0.2) is 0 Å². The van der Waals surface area contributed by atoms with Crippen LogP contribution in [-0.4, -0.2) is 74.4 Å². The van der Waals surface area contributed by atoms with Crippen LogP contribution in [0, 0.1) is 6.92 Å². The van der Waals surface area contributed by atoms with Crippen molar-refractivity contribution in [1.82, 2.24) is 24.6 Å². The van der Waals surface area contributed by atoms with E-state index < -0.39 is 5.60 Å². The first kappa shape index (κ1) is 22.0. The van der Waals surface area contributed by atoms with E-state index >= 15 is 0 Å². The molecular weight excluding hydrogens is 404 g/mol. The summed E-state index contributed by atoms with van der Waals surface area (Å²) >= 11 is 0. The molecule has 0 saturated carbocycles. The van der Waals surface area contributed by atoms with Crippen LogP contribution in [0.1, 0.15) is 21.5 Å². The predicted octanol–water partition coefficient (Wildman–Crippen LogP) is 2.02. The number of hydrogen-bond donors (Lipinski definition) is 2. The van der Waals surface area contributed by atoms with Gasteiger partial charge in [-0.05, 0) is 49.4 Å². The van der Waals surface area contributed by atoms with Crippen LogP contribution in [0.25, 0.3) is 0 Å². The number of aromatic nitrogens is 3. The minimum atomic E-state index is -1.08. The van der Waals surface area contributed by atoms with Crippen molar-refractivity contribution in [2.45, 2.75) is 25.6 Å². The average molecular weight is 435 g/mol. The van der Waals surface area contributed by atoms with Crippen molar-refractivity contribution in [2.75, 3.05) is 38.5 Å². The Morgan fingerprint density at radius 2 is 2.06 bits per heavy atom. The van der Waals surface area contributed by atoms with Gasteiger partial charge in [0.2, 0.25) is 0 Å². The molecule has 168 valence electrons. The molecule has 1 atom stereocenters. The molecule has 1 saturated heterocycles. The Morgan fingerprint density at radius 1 is 1.19 bits per heavy atom. The number of nitrogens with zero attached hydrogens (tertiary/aromatic N) is 5. The predicted molar refractivity (Wildman–Crippen MR) is 123 cm³/mol. The number of hydrogen-bond acceptors (Lipinski definition) is 6. The summed E-state index contributed by atoms with van der Waals surface area (Å²) in [7, 11) is 1.97. The fourth-order valence-corrected chi connectivity index (χ4v) is 4.15. The summed E-state index contributed by atoms with van der Waals surface area (Å²) in [6.45, 7) is 4.97. The number of likely N-dealkylation sites (N-methyl/N-ethyl adjacent to an activating group) is 1. The van der Waals surface area contributed by atoms with Crippen molar-refractivity contribution in [3.05, 3.63) is 77.9 Å². The van der Waals surface area contributed by atoms with Crippen LogP contribution in [0.15, 0.2) is 61.2 Å². The van der Waals surface area contributed by atoms with Crippen molar-refractivity contribution in [3.8, 4) is 0 Å². The average Bonchev–Trinajstić information content (AvgIpc) is 3.23. The first-order chi connectivity index (χ1) is 15.4. The van der Waals surface area contributed by atoms with E-state index in [1.165, 1.54) is 0 Å². The fourth-order valence-electron chi connectivity index (χ4n) is 4.15. The van der Waals surface area contributed by atoms with Crippen LogP contribution >= 0.6 is 0 Å². The molecule has 1 aliphatic rings. The van der Waals surface area contributed by atoms with Crippen LogP contribution in [0.4, 0.5) is 5.69 Å². The monoisotopic (exact) mass is 434 g/mol. The van der Waals surface area contributed by atoms with Crippen LogP contribution in [-0.2, 0) is 13.1 Å². The molecule has 1 amide bonds. The molecule has 1 fully saturated rings. The van der Waals surface area contributed by atoms with E-state index in [0.717, 1.165) is 16.8 Å². The molecule has 0 unspecified atom stereocenters. The van der Waals surface area contributed by atoms with Gasteiger partial charge < -0.3 is 20.2 Å². The lowest BCUT2D eigenvalue weighted by Gasteiger charge is -2.32. The minimum Gasteiger partial charge on any atom is -0.385 e. The standard InChI is InChI=1S/C24H30N6O2/c1-19-6-7-21(13-22(19)26-15-20-5-3-8-25-14-20)23(31)29-12-11-28(2)16-24(32,17-29)18-30-10-4-9-27-30/h3-10,13-14,26,32H,11-12,15-18H2,1-2H3/t24-/m1/s1. The van der Waals surface area contributed by atoms with Gasteiger partial charge in [0.05, 0.1) is 13.1 Å². The van der Waals surface area contributed by atoms with Crippen LogP contribution in [0.5, 0.6) is 0 Å². The molecule has 8 nitrogen and oxygen atoms in total. The minimum absolute atomic E-state index is 0.0800. The third-order valence-electron chi connectivity index (χ3n) is 5.79. The second-order valence-electron chi connectivity index (χ2n) is 8.64. The second kappa shape index (κ2) is 9.50. The van der Waals surface area contributed by atoms with Gasteiger partial charge in [-0.1, -0.05) is 12.1 Å². The van der Waals surface area contributed by atoms with E-state index in [1.807, 2.05) is 62.8 Å². The highest BCUT2D eigenvalue weighted by Crippen LogP contribution is 2.22. The number of carbonyl (C=O) groups is 1. The lowest BCUT2D eigenvalue weighted by molar-refractivity contribution is -0.0137. The third-order valence-corrected chi connectivity index (χ3v) is 5.79. The first-order valence-electron chi connectivity index (χ1n) is 10.8. The number of anilines is 1. The number of β-amino-alcohol motifs (C(OH)–C–C–N with tert-alkyl or cyclic N) is 1. The molecule has 2 aromatic heterocycles. The maximum absolute atomic E-state index is 13.4.